The predicted molar refractivity (Wildman–Crippen MR) is 77.3 cm³/mol. The van der Waals surface area contributed by atoms with Gasteiger partial charge in [0.2, 0.25) is 0 Å². The summed E-state index contributed by atoms with van der Waals surface area (Å²) in [5, 5.41) is 12.8. The molecule has 6 heteroatoms. The molecule has 0 aliphatic carbocycles. The molecule has 0 saturated carbocycles. The summed E-state index contributed by atoms with van der Waals surface area (Å²) in [6.07, 6.45) is 0. The van der Waals surface area contributed by atoms with Crippen molar-refractivity contribution < 1.29 is 19.1 Å². The highest BCUT2D eigenvalue weighted by atomic mass is 16.5. The maximum atomic E-state index is 12.0. The molecule has 0 aliphatic rings. The van der Waals surface area contributed by atoms with Crippen LogP contribution >= 0.6 is 0 Å². The summed E-state index contributed by atoms with van der Waals surface area (Å²) in [5.74, 6) is -0.652. The zero-order valence-corrected chi connectivity index (χ0v) is 11.9. The highest BCUT2D eigenvalue weighted by molar-refractivity contribution is 5.93. The Bertz CT molecular complexity index is 705. The van der Waals surface area contributed by atoms with Crippen LogP contribution in [0, 0.1) is 0 Å². The van der Waals surface area contributed by atoms with Gasteiger partial charge >= 0.3 is 0 Å². The Morgan fingerprint density at radius 1 is 1.43 bits per heavy atom. The minimum atomic E-state index is -1.19. The topological polar surface area (TPSA) is 88.8 Å². The minimum Gasteiger partial charge on any atom is -0.451 e. The Balaban J connectivity index is 2.18. The molecule has 1 aromatic carbocycles. The van der Waals surface area contributed by atoms with E-state index in [2.05, 4.69) is 5.32 Å². The number of amides is 1. The summed E-state index contributed by atoms with van der Waals surface area (Å²) in [4.78, 5) is 23.9. The second kappa shape index (κ2) is 6.07. The van der Waals surface area contributed by atoms with Crippen molar-refractivity contribution >= 4 is 16.9 Å². The zero-order chi connectivity index (χ0) is 15.5. The van der Waals surface area contributed by atoms with Gasteiger partial charge in [0, 0.05) is 19.7 Å². The van der Waals surface area contributed by atoms with Gasteiger partial charge in [0.25, 0.3) is 5.91 Å². The first kappa shape index (κ1) is 15.2. The van der Waals surface area contributed by atoms with Gasteiger partial charge in [-0.3, -0.25) is 9.59 Å². The average Bonchev–Trinajstić information content (AvgIpc) is 2.45. The van der Waals surface area contributed by atoms with E-state index in [9.17, 15) is 14.7 Å². The van der Waals surface area contributed by atoms with Crippen LogP contribution in [0.15, 0.2) is 39.5 Å². The highest BCUT2D eigenvalue weighted by Crippen LogP contribution is 2.11. The quantitative estimate of drug-likeness (QED) is 0.855. The molecule has 1 amide bonds. The molecule has 1 heterocycles. The number of carbonyl (C=O) groups excluding carboxylic acids is 1. The standard InChI is InChI=1S/C15H17NO5/c1-15(19,9-20-2)8-16-14(18)13-7-11(17)10-5-3-4-6-12(10)21-13/h3-7,19H,8-9H2,1-2H3,(H,16,18). The lowest BCUT2D eigenvalue weighted by molar-refractivity contribution is -0.0148. The van der Waals surface area contributed by atoms with Gasteiger partial charge in [0.05, 0.1) is 12.0 Å². The van der Waals surface area contributed by atoms with E-state index in [4.69, 9.17) is 9.15 Å². The first-order valence-corrected chi connectivity index (χ1v) is 6.45. The van der Waals surface area contributed by atoms with Crippen molar-refractivity contribution in [3.05, 3.63) is 46.3 Å². The van der Waals surface area contributed by atoms with E-state index in [1.165, 1.54) is 14.0 Å². The molecule has 1 unspecified atom stereocenters. The Kier molecular flexibility index (Phi) is 4.40. The van der Waals surface area contributed by atoms with Crippen molar-refractivity contribution in [3.63, 3.8) is 0 Å². The predicted octanol–water partition coefficient (Wildman–Crippen LogP) is 0.920. The number of hydrogen-bond acceptors (Lipinski definition) is 5. The molecular weight excluding hydrogens is 274 g/mol. The average molecular weight is 291 g/mol. The van der Waals surface area contributed by atoms with E-state index in [0.717, 1.165) is 6.07 Å². The number of hydrogen-bond donors (Lipinski definition) is 2. The summed E-state index contributed by atoms with van der Waals surface area (Å²) < 4.78 is 10.3. The molecular formula is C15H17NO5. The van der Waals surface area contributed by atoms with E-state index in [0.29, 0.717) is 11.0 Å². The number of para-hydroxylation sites is 1. The van der Waals surface area contributed by atoms with Crippen LogP contribution in [0.25, 0.3) is 11.0 Å². The lowest BCUT2D eigenvalue weighted by Crippen LogP contribution is -2.43. The van der Waals surface area contributed by atoms with Crippen LogP contribution in [0.2, 0.25) is 0 Å². The van der Waals surface area contributed by atoms with Gasteiger partial charge in [-0.15, -0.1) is 0 Å². The lowest BCUT2D eigenvalue weighted by atomic mass is 10.1. The maximum absolute atomic E-state index is 12.0. The third-order valence-electron chi connectivity index (χ3n) is 2.94. The number of carbonyl (C=O) groups is 1. The molecule has 0 fully saturated rings. The highest BCUT2D eigenvalue weighted by Gasteiger charge is 2.22. The molecule has 2 N–H and O–H groups in total. The summed E-state index contributed by atoms with van der Waals surface area (Å²) in [6, 6.07) is 7.83. The molecule has 0 spiro atoms. The van der Waals surface area contributed by atoms with E-state index in [1.807, 2.05) is 0 Å². The van der Waals surface area contributed by atoms with Crippen LogP contribution in [0.5, 0.6) is 0 Å². The molecule has 1 aromatic heterocycles. The van der Waals surface area contributed by atoms with E-state index in [-0.39, 0.29) is 24.3 Å². The Hall–Kier alpha value is -2.18. The van der Waals surface area contributed by atoms with Gasteiger partial charge in [-0.25, -0.2) is 0 Å². The molecule has 2 aromatic rings. The van der Waals surface area contributed by atoms with Crippen molar-refractivity contribution in [3.8, 4) is 0 Å². The van der Waals surface area contributed by atoms with Crippen molar-refractivity contribution in [2.45, 2.75) is 12.5 Å². The van der Waals surface area contributed by atoms with E-state index in [1.54, 1.807) is 24.3 Å². The summed E-state index contributed by atoms with van der Waals surface area (Å²) >= 11 is 0. The second-order valence-corrected chi connectivity index (χ2v) is 5.08. The molecule has 0 saturated heterocycles. The number of benzene rings is 1. The van der Waals surface area contributed by atoms with Gasteiger partial charge in [-0.05, 0) is 19.1 Å². The third-order valence-corrected chi connectivity index (χ3v) is 2.94. The molecule has 2 rings (SSSR count). The van der Waals surface area contributed by atoms with Gasteiger partial charge in [0.1, 0.15) is 11.2 Å². The number of fused-ring (bicyclic) bond motifs is 1. The minimum absolute atomic E-state index is 0.0176. The smallest absolute Gasteiger partial charge is 0.287 e. The maximum Gasteiger partial charge on any atom is 0.287 e. The first-order valence-electron chi connectivity index (χ1n) is 6.45. The molecule has 21 heavy (non-hydrogen) atoms. The lowest BCUT2D eigenvalue weighted by Gasteiger charge is -2.22. The van der Waals surface area contributed by atoms with Gasteiger partial charge < -0.3 is 19.6 Å². The van der Waals surface area contributed by atoms with Gasteiger partial charge in [0.15, 0.2) is 11.2 Å². The van der Waals surface area contributed by atoms with Crippen LogP contribution in [-0.2, 0) is 4.74 Å². The molecule has 0 bridgehead atoms. The van der Waals surface area contributed by atoms with Crippen LogP contribution in [0.1, 0.15) is 17.5 Å². The summed E-state index contributed by atoms with van der Waals surface area (Å²) in [7, 11) is 1.46. The van der Waals surface area contributed by atoms with E-state index < -0.39 is 11.5 Å². The van der Waals surface area contributed by atoms with Crippen molar-refractivity contribution in [2.75, 3.05) is 20.3 Å². The van der Waals surface area contributed by atoms with Crippen molar-refractivity contribution in [1.29, 1.82) is 0 Å². The Morgan fingerprint density at radius 2 is 2.14 bits per heavy atom. The normalized spacial score (nSPS) is 13.9. The Morgan fingerprint density at radius 3 is 2.86 bits per heavy atom. The first-order chi connectivity index (χ1) is 9.93. The number of nitrogens with one attached hydrogen (secondary N) is 1. The Labute approximate surface area is 121 Å². The fraction of sp³-hybridized carbons (Fsp3) is 0.333. The molecule has 0 aliphatic heterocycles. The van der Waals surface area contributed by atoms with Crippen LogP contribution in [0.3, 0.4) is 0 Å². The van der Waals surface area contributed by atoms with Crippen LogP contribution in [-0.4, -0.2) is 36.9 Å². The van der Waals surface area contributed by atoms with Gasteiger partial charge in [-0.2, -0.15) is 0 Å². The molecule has 0 radical (unpaired) electrons. The van der Waals surface area contributed by atoms with Crippen molar-refractivity contribution in [1.82, 2.24) is 5.32 Å². The number of rotatable bonds is 5. The van der Waals surface area contributed by atoms with Crippen LogP contribution in [0.4, 0.5) is 0 Å². The molecule has 112 valence electrons. The molecule has 1 atom stereocenters. The number of ether oxygens (including phenoxy) is 1. The third kappa shape index (κ3) is 3.68. The number of aliphatic hydroxyl groups is 1. The van der Waals surface area contributed by atoms with Crippen LogP contribution < -0.4 is 10.7 Å². The van der Waals surface area contributed by atoms with Crippen molar-refractivity contribution in [2.24, 2.45) is 0 Å². The summed E-state index contributed by atoms with van der Waals surface area (Å²) in [5.41, 5.74) is -1.13. The molecule has 6 nitrogen and oxygen atoms in total. The fourth-order valence-corrected chi connectivity index (χ4v) is 1.94. The largest absolute Gasteiger partial charge is 0.451 e. The number of methoxy groups -OCH3 is 1. The summed E-state index contributed by atoms with van der Waals surface area (Å²) in [6.45, 7) is 1.60. The zero-order valence-electron chi connectivity index (χ0n) is 11.9. The van der Waals surface area contributed by atoms with Gasteiger partial charge in [-0.1, -0.05) is 12.1 Å². The SMILES string of the molecule is COCC(C)(O)CNC(=O)c1cc(=O)c2ccccc2o1. The second-order valence-electron chi connectivity index (χ2n) is 5.08. The van der Waals surface area contributed by atoms with E-state index >= 15 is 0 Å². The monoisotopic (exact) mass is 291 g/mol. The fourth-order valence-electron chi connectivity index (χ4n) is 1.94.